The largest absolute Gasteiger partial charge is 0.228 e. The number of benzene rings is 5. The Bertz CT molecular complexity index is 1600. The van der Waals surface area contributed by atoms with Crippen LogP contribution in [0.4, 0.5) is 0 Å². The molecule has 0 bridgehead atoms. The molecule has 6 aromatic rings. The number of rotatable bonds is 3. The Morgan fingerprint density at radius 1 is 0.455 bits per heavy atom. The zero-order valence-electron chi connectivity index (χ0n) is 18.4. The van der Waals surface area contributed by atoms with Crippen LogP contribution in [0, 0.1) is 6.92 Å². The van der Waals surface area contributed by atoms with Crippen molar-refractivity contribution in [2.75, 3.05) is 0 Å². The topological polar surface area (TPSA) is 25.8 Å². The number of fused-ring (bicyclic) bond motifs is 3. The van der Waals surface area contributed by atoms with Crippen LogP contribution in [-0.4, -0.2) is 9.97 Å². The normalized spacial score (nSPS) is 11.2. The molecule has 0 atom stereocenters. The number of hydrogen-bond donors (Lipinski definition) is 0. The van der Waals surface area contributed by atoms with Gasteiger partial charge in [0.2, 0.25) is 0 Å². The molecule has 0 saturated heterocycles. The van der Waals surface area contributed by atoms with E-state index in [-0.39, 0.29) is 0 Å². The predicted molar refractivity (Wildman–Crippen MR) is 138 cm³/mol. The van der Waals surface area contributed by atoms with E-state index in [0.29, 0.717) is 0 Å². The minimum atomic E-state index is 0.740. The maximum atomic E-state index is 5.00. The summed E-state index contributed by atoms with van der Waals surface area (Å²) in [5.74, 6) is 0.740. The van der Waals surface area contributed by atoms with Crippen LogP contribution in [0.2, 0.25) is 0 Å². The van der Waals surface area contributed by atoms with Crippen molar-refractivity contribution in [1.82, 2.24) is 9.97 Å². The summed E-state index contributed by atoms with van der Waals surface area (Å²) in [6.07, 6.45) is 0. The third kappa shape index (κ3) is 3.66. The Morgan fingerprint density at radius 2 is 1.06 bits per heavy atom. The second-order valence-electron chi connectivity index (χ2n) is 8.42. The van der Waals surface area contributed by atoms with Gasteiger partial charge in [-0.05, 0) is 40.6 Å². The van der Waals surface area contributed by atoms with Crippen molar-refractivity contribution in [3.63, 3.8) is 0 Å². The summed E-state index contributed by atoms with van der Waals surface area (Å²) < 4.78 is 0. The van der Waals surface area contributed by atoms with Gasteiger partial charge in [0.15, 0.2) is 5.82 Å². The third-order valence-electron chi connectivity index (χ3n) is 6.15. The van der Waals surface area contributed by atoms with Gasteiger partial charge in [-0.3, -0.25) is 0 Å². The second kappa shape index (κ2) is 7.99. The van der Waals surface area contributed by atoms with Crippen LogP contribution >= 0.6 is 0 Å². The number of aryl methyl sites for hydroxylation is 1. The summed E-state index contributed by atoms with van der Waals surface area (Å²) in [5, 5.41) is 4.97. The van der Waals surface area contributed by atoms with Crippen molar-refractivity contribution >= 4 is 21.5 Å². The molecule has 1 aromatic heterocycles. The SMILES string of the molecule is Cc1ccc(-c2nc(-c3ccccc3)cc(-c3ccc4ccc5ccccc5c4c3)n2)cc1. The molecule has 0 aliphatic heterocycles. The van der Waals surface area contributed by atoms with E-state index >= 15 is 0 Å². The lowest BCUT2D eigenvalue weighted by molar-refractivity contribution is 1.18. The van der Waals surface area contributed by atoms with Gasteiger partial charge in [0.1, 0.15) is 0 Å². The van der Waals surface area contributed by atoms with Gasteiger partial charge in [-0.1, -0.05) is 109 Å². The zero-order chi connectivity index (χ0) is 22.2. The summed E-state index contributed by atoms with van der Waals surface area (Å²) in [6, 6.07) is 40.3. The van der Waals surface area contributed by atoms with E-state index in [1.165, 1.54) is 27.1 Å². The molecule has 0 aliphatic rings. The van der Waals surface area contributed by atoms with Crippen LogP contribution in [0.5, 0.6) is 0 Å². The summed E-state index contributed by atoms with van der Waals surface area (Å²) in [7, 11) is 0. The fourth-order valence-corrected chi connectivity index (χ4v) is 4.35. The van der Waals surface area contributed by atoms with Crippen LogP contribution in [0.1, 0.15) is 5.56 Å². The van der Waals surface area contributed by atoms with Crippen molar-refractivity contribution in [3.8, 4) is 33.9 Å². The van der Waals surface area contributed by atoms with Crippen molar-refractivity contribution in [2.45, 2.75) is 6.92 Å². The van der Waals surface area contributed by atoms with Crippen LogP contribution in [-0.2, 0) is 0 Å². The molecule has 0 spiro atoms. The molecule has 0 N–H and O–H groups in total. The second-order valence-corrected chi connectivity index (χ2v) is 8.42. The smallest absolute Gasteiger partial charge is 0.160 e. The maximum absolute atomic E-state index is 5.00. The van der Waals surface area contributed by atoms with Gasteiger partial charge >= 0.3 is 0 Å². The predicted octanol–water partition coefficient (Wildman–Crippen LogP) is 8.09. The van der Waals surface area contributed by atoms with Crippen LogP contribution < -0.4 is 0 Å². The minimum Gasteiger partial charge on any atom is -0.228 e. The highest BCUT2D eigenvalue weighted by Crippen LogP contribution is 2.32. The molecule has 2 heteroatoms. The van der Waals surface area contributed by atoms with Crippen LogP contribution in [0.15, 0.2) is 115 Å². The Labute approximate surface area is 193 Å². The summed E-state index contributed by atoms with van der Waals surface area (Å²) >= 11 is 0. The molecule has 156 valence electrons. The lowest BCUT2D eigenvalue weighted by Gasteiger charge is -2.11. The summed E-state index contributed by atoms with van der Waals surface area (Å²) in [4.78, 5) is 9.94. The molecule has 0 fully saturated rings. The van der Waals surface area contributed by atoms with E-state index in [1.54, 1.807) is 0 Å². The number of nitrogens with zero attached hydrogens (tertiary/aromatic N) is 2. The average molecular weight is 423 g/mol. The van der Waals surface area contributed by atoms with Crippen molar-refractivity contribution < 1.29 is 0 Å². The molecule has 0 radical (unpaired) electrons. The van der Waals surface area contributed by atoms with Gasteiger partial charge in [0.25, 0.3) is 0 Å². The standard InChI is InChI=1S/C31H22N2/c1-21-11-13-25(14-12-21)31-32-29(24-8-3-2-4-9-24)20-30(33-31)26-18-17-23-16-15-22-7-5-6-10-27(22)28(23)19-26/h2-20H,1H3. The van der Waals surface area contributed by atoms with E-state index in [2.05, 4.69) is 104 Å². The van der Waals surface area contributed by atoms with Gasteiger partial charge in [-0.2, -0.15) is 0 Å². The molecular formula is C31H22N2. The van der Waals surface area contributed by atoms with Gasteiger partial charge in [0.05, 0.1) is 11.4 Å². The third-order valence-corrected chi connectivity index (χ3v) is 6.15. The Balaban J connectivity index is 1.58. The highest BCUT2D eigenvalue weighted by molar-refractivity contribution is 6.08. The molecule has 5 aromatic carbocycles. The first-order valence-corrected chi connectivity index (χ1v) is 11.2. The quantitative estimate of drug-likeness (QED) is 0.269. The van der Waals surface area contributed by atoms with Gasteiger partial charge in [-0.15, -0.1) is 0 Å². The van der Waals surface area contributed by atoms with E-state index in [9.17, 15) is 0 Å². The zero-order valence-corrected chi connectivity index (χ0v) is 18.4. The Morgan fingerprint density at radius 3 is 1.85 bits per heavy atom. The number of aromatic nitrogens is 2. The Hall–Kier alpha value is -4.30. The van der Waals surface area contributed by atoms with Crippen molar-refractivity contribution in [2.24, 2.45) is 0 Å². The molecule has 1 heterocycles. The molecular weight excluding hydrogens is 400 g/mol. The fourth-order valence-electron chi connectivity index (χ4n) is 4.35. The summed E-state index contributed by atoms with van der Waals surface area (Å²) in [5.41, 5.74) is 6.27. The van der Waals surface area contributed by atoms with Crippen LogP contribution in [0.25, 0.3) is 55.4 Å². The van der Waals surface area contributed by atoms with Crippen molar-refractivity contribution in [3.05, 3.63) is 121 Å². The van der Waals surface area contributed by atoms with E-state index in [4.69, 9.17) is 9.97 Å². The molecule has 0 saturated carbocycles. The summed E-state index contributed by atoms with van der Waals surface area (Å²) in [6.45, 7) is 2.09. The van der Waals surface area contributed by atoms with E-state index < -0.39 is 0 Å². The van der Waals surface area contributed by atoms with Gasteiger partial charge in [0, 0.05) is 16.7 Å². The molecule has 2 nitrogen and oxygen atoms in total. The van der Waals surface area contributed by atoms with Gasteiger partial charge < -0.3 is 0 Å². The molecule has 33 heavy (non-hydrogen) atoms. The van der Waals surface area contributed by atoms with Gasteiger partial charge in [-0.25, -0.2) is 9.97 Å². The highest BCUT2D eigenvalue weighted by atomic mass is 14.9. The maximum Gasteiger partial charge on any atom is 0.160 e. The minimum absolute atomic E-state index is 0.740. The lowest BCUT2D eigenvalue weighted by Crippen LogP contribution is -1.96. The van der Waals surface area contributed by atoms with Crippen LogP contribution in [0.3, 0.4) is 0 Å². The lowest BCUT2D eigenvalue weighted by atomic mass is 9.98. The first kappa shape index (κ1) is 19.4. The number of hydrogen-bond acceptors (Lipinski definition) is 2. The average Bonchev–Trinajstić information content (AvgIpc) is 2.89. The molecule has 0 aliphatic carbocycles. The molecule has 0 unspecified atom stereocenters. The van der Waals surface area contributed by atoms with E-state index in [1.807, 2.05) is 18.2 Å². The van der Waals surface area contributed by atoms with E-state index in [0.717, 1.165) is 33.9 Å². The molecule has 0 amide bonds. The fraction of sp³-hybridized carbons (Fsp3) is 0.0323. The monoisotopic (exact) mass is 422 g/mol. The first-order chi connectivity index (χ1) is 16.2. The first-order valence-electron chi connectivity index (χ1n) is 11.2. The highest BCUT2D eigenvalue weighted by Gasteiger charge is 2.11. The Kier molecular flexibility index (Phi) is 4.70. The van der Waals surface area contributed by atoms with Crippen molar-refractivity contribution in [1.29, 1.82) is 0 Å². The molecule has 6 rings (SSSR count).